The maximum Gasteiger partial charge on any atom is 0.247 e. The Kier molecular flexibility index (Phi) is 2.78. The maximum absolute atomic E-state index is 12.2. The average molecular weight is 165 g/mol. The lowest BCUT2D eigenvalue weighted by Gasteiger charge is -2.27. The molecule has 0 saturated carbocycles. The van der Waals surface area contributed by atoms with Crippen LogP contribution in [0.5, 0.6) is 0 Å². The molecule has 0 bridgehead atoms. The Balaban J connectivity index is 1.95. The Hall–Kier alpha value is -0.220. The molecule has 1 heterocycles. The van der Waals surface area contributed by atoms with Crippen LogP contribution in [0.4, 0.5) is 8.78 Å². The van der Waals surface area contributed by atoms with E-state index in [0.29, 0.717) is 0 Å². The van der Waals surface area contributed by atoms with Crippen molar-refractivity contribution in [1.82, 2.24) is 5.32 Å². The summed E-state index contributed by atoms with van der Waals surface area (Å²) in [5.74, 6) is -2.59. The third-order valence-electron chi connectivity index (χ3n) is 1.64. The molecule has 1 aliphatic rings. The van der Waals surface area contributed by atoms with Gasteiger partial charge in [0.1, 0.15) is 0 Å². The first-order chi connectivity index (χ1) is 5.08. The molecule has 1 aliphatic heterocycles. The highest BCUT2D eigenvalue weighted by molar-refractivity contribution is 4.74. The smallest absolute Gasteiger partial charge is 0.247 e. The zero-order chi connectivity index (χ0) is 8.32. The lowest BCUT2D eigenvalue weighted by Crippen LogP contribution is -2.48. The first-order valence-corrected chi connectivity index (χ1v) is 3.78. The molecule has 11 heavy (non-hydrogen) atoms. The van der Waals surface area contributed by atoms with Gasteiger partial charge < -0.3 is 10.1 Å². The molecule has 0 aromatic heterocycles. The largest absolute Gasteiger partial charge is 0.375 e. The molecule has 4 heteroatoms. The number of hydrogen-bond donors (Lipinski definition) is 1. The molecule has 1 rings (SSSR count). The normalized spacial score (nSPS) is 19.9. The third-order valence-corrected chi connectivity index (χ3v) is 1.64. The van der Waals surface area contributed by atoms with Crippen molar-refractivity contribution in [1.29, 1.82) is 0 Å². The second-order valence-electron chi connectivity index (χ2n) is 2.97. The van der Waals surface area contributed by atoms with Crippen molar-refractivity contribution < 1.29 is 13.5 Å². The SMILES string of the molecule is CC(F)(F)CCOC1CNC1. The van der Waals surface area contributed by atoms with E-state index in [1.807, 2.05) is 0 Å². The summed E-state index contributed by atoms with van der Waals surface area (Å²) in [6, 6.07) is 0. The summed E-state index contributed by atoms with van der Waals surface area (Å²) in [4.78, 5) is 0. The van der Waals surface area contributed by atoms with Crippen molar-refractivity contribution in [2.75, 3.05) is 19.7 Å². The van der Waals surface area contributed by atoms with Crippen LogP contribution in [0.1, 0.15) is 13.3 Å². The van der Waals surface area contributed by atoms with E-state index in [1.165, 1.54) is 0 Å². The van der Waals surface area contributed by atoms with Crippen LogP contribution in [0, 0.1) is 0 Å². The van der Waals surface area contributed by atoms with Gasteiger partial charge in [0.25, 0.3) is 0 Å². The lowest BCUT2D eigenvalue weighted by molar-refractivity contribution is -0.0446. The molecule has 0 atom stereocenters. The molecule has 0 aromatic carbocycles. The van der Waals surface area contributed by atoms with Gasteiger partial charge in [-0.05, 0) is 6.92 Å². The summed E-state index contributed by atoms with van der Waals surface area (Å²) >= 11 is 0. The molecule has 0 unspecified atom stereocenters. The summed E-state index contributed by atoms with van der Waals surface area (Å²) in [7, 11) is 0. The van der Waals surface area contributed by atoms with Gasteiger partial charge >= 0.3 is 0 Å². The summed E-state index contributed by atoms with van der Waals surface area (Å²) < 4.78 is 29.5. The van der Waals surface area contributed by atoms with Gasteiger partial charge in [0.2, 0.25) is 5.92 Å². The van der Waals surface area contributed by atoms with Gasteiger partial charge in [-0.2, -0.15) is 0 Å². The number of nitrogens with one attached hydrogen (secondary N) is 1. The number of rotatable bonds is 4. The van der Waals surface area contributed by atoms with Crippen molar-refractivity contribution in [2.24, 2.45) is 0 Å². The molecule has 0 amide bonds. The number of hydrogen-bond acceptors (Lipinski definition) is 2. The second kappa shape index (κ2) is 3.45. The number of alkyl halides is 2. The van der Waals surface area contributed by atoms with E-state index in [0.717, 1.165) is 20.0 Å². The molecule has 1 fully saturated rings. The van der Waals surface area contributed by atoms with E-state index in [2.05, 4.69) is 5.32 Å². The third kappa shape index (κ3) is 3.62. The van der Waals surface area contributed by atoms with E-state index in [-0.39, 0.29) is 19.1 Å². The van der Waals surface area contributed by atoms with Crippen molar-refractivity contribution in [3.63, 3.8) is 0 Å². The molecule has 2 nitrogen and oxygen atoms in total. The first kappa shape index (κ1) is 8.87. The average Bonchev–Trinajstić information content (AvgIpc) is 1.73. The van der Waals surface area contributed by atoms with Gasteiger partial charge in [0, 0.05) is 19.5 Å². The quantitative estimate of drug-likeness (QED) is 0.671. The topological polar surface area (TPSA) is 21.3 Å². The van der Waals surface area contributed by atoms with Crippen molar-refractivity contribution >= 4 is 0 Å². The van der Waals surface area contributed by atoms with E-state index >= 15 is 0 Å². The van der Waals surface area contributed by atoms with Gasteiger partial charge in [-0.1, -0.05) is 0 Å². The van der Waals surface area contributed by atoms with Crippen LogP contribution >= 0.6 is 0 Å². The van der Waals surface area contributed by atoms with Crippen LogP contribution < -0.4 is 5.32 Å². The molecule has 0 radical (unpaired) electrons. The van der Waals surface area contributed by atoms with E-state index in [1.54, 1.807) is 0 Å². The molecule has 1 N–H and O–H groups in total. The predicted molar refractivity (Wildman–Crippen MR) is 37.8 cm³/mol. The van der Waals surface area contributed by atoms with E-state index < -0.39 is 5.92 Å². The highest BCUT2D eigenvalue weighted by Gasteiger charge is 2.23. The molecule has 0 spiro atoms. The zero-order valence-electron chi connectivity index (χ0n) is 6.57. The van der Waals surface area contributed by atoms with E-state index in [4.69, 9.17) is 4.74 Å². The summed E-state index contributed by atoms with van der Waals surface area (Å²) in [5, 5.41) is 3.00. The fourth-order valence-corrected chi connectivity index (χ4v) is 0.785. The summed E-state index contributed by atoms with van der Waals surface area (Å²) in [6.45, 7) is 2.68. The van der Waals surface area contributed by atoms with Gasteiger partial charge in [-0.25, -0.2) is 8.78 Å². The Morgan fingerprint density at radius 3 is 2.55 bits per heavy atom. The highest BCUT2D eigenvalue weighted by Crippen LogP contribution is 2.16. The van der Waals surface area contributed by atoms with Crippen molar-refractivity contribution in [2.45, 2.75) is 25.4 Å². The fourth-order valence-electron chi connectivity index (χ4n) is 0.785. The minimum Gasteiger partial charge on any atom is -0.375 e. The van der Waals surface area contributed by atoms with E-state index in [9.17, 15) is 8.78 Å². The zero-order valence-corrected chi connectivity index (χ0v) is 6.57. The minimum atomic E-state index is -2.59. The Labute approximate surface area is 64.9 Å². The standard InChI is InChI=1S/C7H13F2NO/c1-7(8,9)2-3-11-6-4-10-5-6/h6,10H,2-5H2,1H3. The van der Waals surface area contributed by atoms with Crippen LogP contribution in [0.25, 0.3) is 0 Å². The van der Waals surface area contributed by atoms with Crippen LogP contribution in [0.2, 0.25) is 0 Å². The summed E-state index contributed by atoms with van der Waals surface area (Å²) in [6.07, 6.45) is -0.0129. The minimum absolute atomic E-state index is 0.163. The molecule has 1 saturated heterocycles. The van der Waals surface area contributed by atoms with Gasteiger partial charge in [0.05, 0.1) is 12.7 Å². The molecular weight excluding hydrogens is 152 g/mol. The Bertz CT molecular complexity index is 120. The van der Waals surface area contributed by atoms with Gasteiger partial charge in [-0.3, -0.25) is 0 Å². The lowest BCUT2D eigenvalue weighted by atomic mass is 10.2. The van der Waals surface area contributed by atoms with Gasteiger partial charge in [-0.15, -0.1) is 0 Å². The predicted octanol–water partition coefficient (Wildman–Crippen LogP) is 1.02. The van der Waals surface area contributed by atoms with Crippen molar-refractivity contribution in [3.05, 3.63) is 0 Å². The van der Waals surface area contributed by atoms with Crippen molar-refractivity contribution in [3.8, 4) is 0 Å². The Morgan fingerprint density at radius 2 is 2.18 bits per heavy atom. The monoisotopic (exact) mass is 165 g/mol. The number of ether oxygens (including phenoxy) is 1. The molecule has 0 aromatic rings. The molecular formula is C7H13F2NO. The Morgan fingerprint density at radius 1 is 1.55 bits per heavy atom. The second-order valence-corrected chi connectivity index (χ2v) is 2.97. The van der Waals surface area contributed by atoms with Crippen LogP contribution in [0.15, 0.2) is 0 Å². The molecule has 66 valence electrons. The first-order valence-electron chi connectivity index (χ1n) is 3.78. The summed E-state index contributed by atoms with van der Waals surface area (Å²) in [5.41, 5.74) is 0. The fraction of sp³-hybridized carbons (Fsp3) is 1.00. The molecule has 0 aliphatic carbocycles. The van der Waals surface area contributed by atoms with Crippen LogP contribution in [-0.4, -0.2) is 31.7 Å². The maximum atomic E-state index is 12.2. The highest BCUT2D eigenvalue weighted by atomic mass is 19.3. The van der Waals surface area contributed by atoms with Crippen LogP contribution in [0.3, 0.4) is 0 Å². The van der Waals surface area contributed by atoms with Crippen LogP contribution in [-0.2, 0) is 4.74 Å². The number of halogens is 2. The van der Waals surface area contributed by atoms with Gasteiger partial charge in [0.15, 0.2) is 0 Å².